The number of hydrogen-bond donors (Lipinski definition) is 3. The first-order valence-electron chi connectivity index (χ1n) is 8.83. The number of ether oxygens (including phenoxy) is 1. The number of thiazole rings is 1. The Morgan fingerprint density at radius 3 is 3.07 bits per heavy atom. The first kappa shape index (κ1) is 18.0. The van der Waals surface area contributed by atoms with Crippen molar-refractivity contribution in [2.75, 3.05) is 11.9 Å². The zero-order chi connectivity index (χ0) is 19.2. The molecule has 0 unspecified atom stereocenters. The third-order valence-corrected chi connectivity index (χ3v) is 4.80. The lowest BCUT2D eigenvalue weighted by Crippen LogP contribution is -2.30. The molecule has 0 saturated heterocycles. The van der Waals surface area contributed by atoms with Crippen molar-refractivity contribution < 1.29 is 9.53 Å². The van der Waals surface area contributed by atoms with Gasteiger partial charge in [-0.2, -0.15) is 5.10 Å². The Morgan fingerprint density at radius 2 is 2.18 bits per heavy atom. The molecule has 0 atom stereocenters. The number of fused-ring (bicyclic) bond motifs is 1. The van der Waals surface area contributed by atoms with E-state index in [-0.39, 0.29) is 6.03 Å². The molecule has 0 aliphatic carbocycles. The molecule has 0 bridgehead atoms. The molecule has 142 valence electrons. The Bertz CT molecular complexity index is 1060. The Labute approximate surface area is 165 Å². The van der Waals surface area contributed by atoms with E-state index in [9.17, 15) is 4.79 Å². The van der Waals surface area contributed by atoms with Crippen molar-refractivity contribution in [1.29, 1.82) is 0 Å². The van der Waals surface area contributed by atoms with Crippen molar-refractivity contribution in [2.24, 2.45) is 0 Å². The highest BCUT2D eigenvalue weighted by molar-refractivity contribution is 7.07. The Morgan fingerprint density at radius 1 is 1.21 bits per heavy atom. The van der Waals surface area contributed by atoms with Gasteiger partial charge in [-0.1, -0.05) is 18.2 Å². The Hall–Kier alpha value is -3.39. The van der Waals surface area contributed by atoms with Crippen LogP contribution in [0, 0.1) is 0 Å². The van der Waals surface area contributed by atoms with Gasteiger partial charge in [-0.3, -0.25) is 5.10 Å². The summed E-state index contributed by atoms with van der Waals surface area (Å²) in [5, 5.41) is 15.7. The zero-order valence-corrected chi connectivity index (χ0v) is 15.8. The molecule has 3 N–H and O–H groups in total. The van der Waals surface area contributed by atoms with Crippen LogP contribution in [-0.4, -0.2) is 27.8 Å². The van der Waals surface area contributed by atoms with E-state index in [4.69, 9.17) is 4.74 Å². The van der Waals surface area contributed by atoms with Crippen molar-refractivity contribution in [2.45, 2.75) is 13.0 Å². The predicted molar refractivity (Wildman–Crippen MR) is 110 cm³/mol. The number of urea groups is 1. The summed E-state index contributed by atoms with van der Waals surface area (Å²) >= 11 is 1.53. The van der Waals surface area contributed by atoms with Gasteiger partial charge in [0, 0.05) is 29.1 Å². The van der Waals surface area contributed by atoms with Crippen LogP contribution in [0.3, 0.4) is 0 Å². The van der Waals surface area contributed by atoms with E-state index < -0.39 is 0 Å². The van der Waals surface area contributed by atoms with E-state index in [0.717, 1.165) is 28.6 Å². The highest BCUT2D eigenvalue weighted by Crippen LogP contribution is 2.18. The maximum Gasteiger partial charge on any atom is 0.319 e. The largest absolute Gasteiger partial charge is 0.487 e. The summed E-state index contributed by atoms with van der Waals surface area (Å²) in [5.41, 5.74) is 5.46. The van der Waals surface area contributed by atoms with E-state index in [0.29, 0.717) is 24.6 Å². The molecule has 0 radical (unpaired) electrons. The van der Waals surface area contributed by atoms with Crippen molar-refractivity contribution in [1.82, 2.24) is 20.5 Å². The van der Waals surface area contributed by atoms with E-state index in [1.165, 1.54) is 11.3 Å². The van der Waals surface area contributed by atoms with Gasteiger partial charge in [-0.05, 0) is 30.2 Å². The number of rotatable bonds is 7. The molecule has 2 amide bonds. The van der Waals surface area contributed by atoms with Gasteiger partial charge < -0.3 is 15.4 Å². The minimum Gasteiger partial charge on any atom is -0.487 e. The van der Waals surface area contributed by atoms with Crippen LogP contribution in [0.5, 0.6) is 5.75 Å². The third kappa shape index (κ3) is 4.66. The second-order valence-corrected chi connectivity index (χ2v) is 6.94. The van der Waals surface area contributed by atoms with Crippen LogP contribution in [0.25, 0.3) is 10.9 Å². The molecule has 0 spiro atoms. The highest BCUT2D eigenvalue weighted by Gasteiger charge is 2.04. The van der Waals surface area contributed by atoms with Crippen LogP contribution in [-0.2, 0) is 13.0 Å². The van der Waals surface area contributed by atoms with Crippen LogP contribution in [0.4, 0.5) is 10.5 Å². The molecule has 0 aliphatic rings. The Kier molecular flexibility index (Phi) is 5.48. The number of nitrogens with one attached hydrogen (secondary N) is 3. The third-order valence-electron chi connectivity index (χ3n) is 4.17. The summed E-state index contributed by atoms with van der Waals surface area (Å²) in [5.74, 6) is 0.679. The first-order valence-corrected chi connectivity index (χ1v) is 9.77. The van der Waals surface area contributed by atoms with Crippen molar-refractivity contribution in [3.8, 4) is 5.75 Å². The van der Waals surface area contributed by atoms with Gasteiger partial charge in [0.2, 0.25) is 0 Å². The zero-order valence-electron chi connectivity index (χ0n) is 15.0. The molecule has 4 aromatic rings. The molecule has 0 fully saturated rings. The number of hydrogen-bond acceptors (Lipinski definition) is 5. The van der Waals surface area contributed by atoms with Gasteiger partial charge >= 0.3 is 6.03 Å². The van der Waals surface area contributed by atoms with Crippen LogP contribution >= 0.6 is 11.3 Å². The summed E-state index contributed by atoms with van der Waals surface area (Å²) in [6.07, 6.45) is 2.53. The van der Waals surface area contributed by atoms with E-state index in [1.807, 2.05) is 41.8 Å². The highest BCUT2D eigenvalue weighted by atomic mass is 32.1. The lowest BCUT2D eigenvalue weighted by Gasteiger charge is -2.10. The first-order chi connectivity index (χ1) is 13.8. The molecule has 2 heterocycles. The monoisotopic (exact) mass is 393 g/mol. The number of carbonyl (C=O) groups excluding carboxylic acids is 1. The summed E-state index contributed by atoms with van der Waals surface area (Å²) in [6, 6.07) is 13.2. The molecular weight excluding hydrogens is 374 g/mol. The lowest BCUT2D eigenvalue weighted by molar-refractivity contribution is 0.252. The second kappa shape index (κ2) is 8.53. The van der Waals surface area contributed by atoms with Gasteiger partial charge in [0.25, 0.3) is 0 Å². The second-order valence-electron chi connectivity index (χ2n) is 6.22. The van der Waals surface area contributed by atoms with Crippen LogP contribution in [0.2, 0.25) is 0 Å². The van der Waals surface area contributed by atoms with E-state index in [2.05, 4.69) is 25.8 Å². The van der Waals surface area contributed by atoms with Gasteiger partial charge in [0.05, 0.1) is 22.9 Å². The number of aromatic nitrogens is 3. The quantitative estimate of drug-likeness (QED) is 0.443. The number of H-pyrrole nitrogens is 1. The number of aromatic amines is 1. The fourth-order valence-corrected chi connectivity index (χ4v) is 3.31. The minimum atomic E-state index is -0.251. The molecule has 0 saturated carbocycles. The molecule has 2 aromatic carbocycles. The standard InChI is InChI=1S/C20H19N5O2S/c26-20(21-7-6-14-4-5-15-10-23-25-19(15)8-14)24-16-2-1-3-18(9-16)27-11-17-12-28-13-22-17/h1-5,8-10,12-13H,6-7,11H2,(H,23,25)(H2,21,24,26). The molecule has 2 aromatic heterocycles. The van der Waals surface area contributed by atoms with Gasteiger partial charge in [-0.25, -0.2) is 9.78 Å². The van der Waals surface area contributed by atoms with E-state index in [1.54, 1.807) is 17.8 Å². The average molecular weight is 393 g/mol. The Balaban J connectivity index is 1.25. The maximum atomic E-state index is 12.1. The molecular formula is C20H19N5O2S. The fraction of sp³-hybridized carbons (Fsp3) is 0.150. The van der Waals surface area contributed by atoms with Crippen LogP contribution in [0.15, 0.2) is 59.6 Å². The normalized spacial score (nSPS) is 10.7. The van der Waals surface area contributed by atoms with Crippen molar-refractivity contribution in [3.05, 3.63) is 70.8 Å². The van der Waals surface area contributed by atoms with Crippen LogP contribution < -0.4 is 15.4 Å². The number of nitrogens with zero attached hydrogens (tertiary/aromatic N) is 2. The summed E-state index contributed by atoms with van der Waals surface area (Å²) in [4.78, 5) is 16.3. The summed E-state index contributed by atoms with van der Waals surface area (Å²) in [6.45, 7) is 0.936. The number of anilines is 1. The fourth-order valence-electron chi connectivity index (χ4n) is 2.77. The summed E-state index contributed by atoms with van der Waals surface area (Å²) < 4.78 is 5.70. The summed E-state index contributed by atoms with van der Waals surface area (Å²) in [7, 11) is 0. The van der Waals surface area contributed by atoms with E-state index >= 15 is 0 Å². The number of amides is 2. The minimum absolute atomic E-state index is 0.251. The average Bonchev–Trinajstić information content (AvgIpc) is 3.38. The van der Waals surface area contributed by atoms with Crippen LogP contribution in [0.1, 0.15) is 11.3 Å². The molecule has 0 aliphatic heterocycles. The van der Waals surface area contributed by atoms with Gasteiger partial charge in [0.1, 0.15) is 12.4 Å². The SMILES string of the molecule is O=C(NCCc1ccc2cn[nH]c2c1)Nc1cccc(OCc2cscn2)c1. The van der Waals surface area contributed by atoms with Crippen molar-refractivity contribution >= 4 is 34.0 Å². The lowest BCUT2D eigenvalue weighted by atomic mass is 10.1. The number of benzene rings is 2. The maximum absolute atomic E-state index is 12.1. The van der Waals surface area contributed by atoms with Crippen molar-refractivity contribution in [3.63, 3.8) is 0 Å². The topological polar surface area (TPSA) is 91.9 Å². The smallest absolute Gasteiger partial charge is 0.319 e. The molecule has 28 heavy (non-hydrogen) atoms. The van der Waals surface area contributed by atoms with Gasteiger partial charge in [0.15, 0.2) is 0 Å². The number of carbonyl (C=O) groups is 1. The molecule has 7 nitrogen and oxygen atoms in total. The predicted octanol–water partition coefficient (Wildman–Crippen LogP) is 3.96. The molecule has 4 rings (SSSR count). The molecule has 8 heteroatoms. The van der Waals surface area contributed by atoms with Gasteiger partial charge in [-0.15, -0.1) is 11.3 Å².